The van der Waals surface area contributed by atoms with E-state index in [-0.39, 0.29) is 12.7 Å². The summed E-state index contributed by atoms with van der Waals surface area (Å²) in [6, 6.07) is 9.39. The summed E-state index contributed by atoms with van der Waals surface area (Å²) >= 11 is 0. The maximum Gasteiger partial charge on any atom is 0.287 e. The Morgan fingerprint density at radius 1 is 1.26 bits per heavy atom. The number of methoxy groups -OCH3 is 1. The Labute approximate surface area is 159 Å². The van der Waals surface area contributed by atoms with Crippen LogP contribution in [0.5, 0.6) is 17.2 Å². The number of aryl methyl sites for hydroxylation is 1. The molecule has 0 radical (unpaired) electrons. The lowest BCUT2D eigenvalue weighted by Crippen LogP contribution is -2.52. The molecular weight excluding hydrogens is 344 g/mol. The molecule has 0 saturated heterocycles. The number of hydrogen-bond donors (Lipinski definition) is 1. The second kappa shape index (κ2) is 6.46. The van der Waals surface area contributed by atoms with E-state index in [1.54, 1.807) is 7.11 Å². The molecule has 2 aliphatic heterocycles. The molecule has 0 saturated carbocycles. The maximum atomic E-state index is 13.4. The average Bonchev–Trinajstić information content (AvgIpc) is 3.09. The van der Waals surface area contributed by atoms with Gasteiger partial charge in [-0.2, -0.15) is 0 Å². The van der Waals surface area contributed by atoms with E-state index < -0.39 is 6.04 Å². The molecule has 6 heteroatoms. The van der Waals surface area contributed by atoms with E-state index >= 15 is 0 Å². The number of nitrogens with zero attached hydrogens (tertiary/aromatic N) is 1. The first-order chi connectivity index (χ1) is 12.9. The number of carbonyl (C=O) groups is 1. The molecule has 6 nitrogen and oxygen atoms in total. The monoisotopic (exact) mass is 369 g/mol. The fraction of sp³-hybridized carbons (Fsp3) is 0.381. The molecule has 0 aliphatic carbocycles. The fourth-order valence-electron chi connectivity index (χ4n) is 4.04. The van der Waals surface area contributed by atoms with Gasteiger partial charge in [0.05, 0.1) is 33.3 Å². The lowest BCUT2D eigenvalue weighted by atomic mass is 9.88. The highest BCUT2D eigenvalue weighted by Gasteiger charge is 2.45. The zero-order valence-electron chi connectivity index (χ0n) is 16.2. The normalized spacial score (nSPS) is 19.3. The highest BCUT2D eigenvalue weighted by Crippen LogP contribution is 2.50. The van der Waals surface area contributed by atoms with Gasteiger partial charge in [-0.05, 0) is 30.2 Å². The molecule has 0 aromatic heterocycles. The Balaban J connectivity index is 1.81. The van der Waals surface area contributed by atoms with E-state index in [1.807, 2.05) is 37.3 Å². The first-order valence-corrected chi connectivity index (χ1v) is 9.11. The van der Waals surface area contributed by atoms with Crippen LogP contribution < -0.4 is 19.5 Å². The number of para-hydroxylation sites is 1. The van der Waals surface area contributed by atoms with Gasteiger partial charge in [0, 0.05) is 12.1 Å². The molecule has 142 valence electrons. The number of quaternary nitrogens is 1. The molecule has 1 atom stereocenters. The van der Waals surface area contributed by atoms with Crippen LogP contribution in [0, 0.1) is 6.92 Å². The second-order valence-corrected chi connectivity index (χ2v) is 7.68. The minimum Gasteiger partial charge on any atom is -0.492 e. The van der Waals surface area contributed by atoms with E-state index in [2.05, 4.69) is 19.4 Å². The molecule has 2 heterocycles. The van der Waals surface area contributed by atoms with Crippen molar-refractivity contribution < 1.29 is 23.5 Å². The molecule has 4 rings (SSSR count). The maximum absolute atomic E-state index is 13.4. The Kier molecular flexibility index (Phi) is 4.23. The number of rotatable bonds is 3. The lowest BCUT2D eigenvalue weighted by molar-refractivity contribution is -0.913. The summed E-state index contributed by atoms with van der Waals surface area (Å²) < 4.78 is 17.4. The van der Waals surface area contributed by atoms with Crippen LogP contribution in [0.2, 0.25) is 0 Å². The van der Waals surface area contributed by atoms with Gasteiger partial charge in [-0.3, -0.25) is 4.79 Å². The topological polar surface area (TPSA) is 56.8 Å². The molecule has 0 fully saturated rings. The van der Waals surface area contributed by atoms with E-state index in [1.165, 1.54) is 0 Å². The Hall–Kier alpha value is -2.73. The SMILES string of the molecule is COc1c2c(cc3c1C(C(=O)Nc1ccccc1C)[N+](C)(C)CC3)OCO2. The van der Waals surface area contributed by atoms with Gasteiger partial charge in [0.2, 0.25) is 12.5 Å². The largest absolute Gasteiger partial charge is 0.492 e. The van der Waals surface area contributed by atoms with Crippen molar-refractivity contribution in [1.82, 2.24) is 0 Å². The Morgan fingerprint density at radius 2 is 2.04 bits per heavy atom. The summed E-state index contributed by atoms with van der Waals surface area (Å²) in [6.45, 7) is 3.01. The zero-order valence-corrected chi connectivity index (χ0v) is 16.2. The van der Waals surface area contributed by atoms with Crippen molar-refractivity contribution in [2.75, 3.05) is 39.9 Å². The molecule has 1 amide bonds. The third kappa shape index (κ3) is 2.90. The number of benzene rings is 2. The summed E-state index contributed by atoms with van der Waals surface area (Å²) in [7, 11) is 5.77. The number of likely N-dealkylation sites (N-methyl/N-ethyl adjacent to an activating group) is 1. The van der Waals surface area contributed by atoms with Crippen molar-refractivity contribution in [2.24, 2.45) is 0 Å². The number of hydrogen-bond acceptors (Lipinski definition) is 4. The molecular formula is C21H25N2O4+. The van der Waals surface area contributed by atoms with Crippen molar-refractivity contribution >= 4 is 11.6 Å². The van der Waals surface area contributed by atoms with Crippen LogP contribution in [0.25, 0.3) is 0 Å². The van der Waals surface area contributed by atoms with E-state index in [0.717, 1.165) is 35.3 Å². The highest BCUT2D eigenvalue weighted by atomic mass is 16.7. The number of amides is 1. The molecule has 27 heavy (non-hydrogen) atoms. The van der Waals surface area contributed by atoms with Gasteiger partial charge in [-0.1, -0.05) is 18.2 Å². The summed E-state index contributed by atoms with van der Waals surface area (Å²) in [5.74, 6) is 1.84. The van der Waals surface area contributed by atoms with Crippen LogP contribution in [-0.4, -0.2) is 44.9 Å². The third-order valence-corrected chi connectivity index (χ3v) is 5.53. The summed E-state index contributed by atoms with van der Waals surface area (Å²) in [4.78, 5) is 13.4. The number of fused-ring (bicyclic) bond motifs is 2. The van der Waals surface area contributed by atoms with Gasteiger partial charge in [0.25, 0.3) is 5.91 Å². The predicted octanol–water partition coefficient (Wildman–Crippen LogP) is 3.04. The molecule has 0 bridgehead atoms. The van der Waals surface area contributed by atoms with Gasteiger partial charge in [0.15, 0.2) is 17.5 Å². The van der Waals surface area contributed by atoms with Crippen LogP contribution >= 0.6 is 0 Å². The van der Waals surface area contributed by atoms with Crippen LogP contribution in [0.3, 0.4) is 0 Å². The van der Waals surface area contributed by atoms with Crippen molar-refractivity contribution in [3.05, 3.63) is 47.0 Å². The minimum absolute atomic E-state index is 0.0487. The van der Waals surface area contributed by atoms with Crippen LogP contribution in [0.4, 0.5) is 5.69 Å². The standard InChI is InChI=1S/C21H24N2O4/c1-13-7-5-6-8-15(13)22-21(24)18-17-14(9-10-23(18,2)3)11-16-19(20(17)25-4)27-12-26-16/h5-8,11,18H,9-10,12H2,1-4H3/p+1. The zero-order chi connectivity index (χ0) is 19.2. The average molecular weight is 369 g/mol. The summed E-state index contributed by atoms with van der Waals surface area (Å²) in [5, 5.41) is 3.11. The quantitative estimate of drug-likeness (QED) is 0.845. The lowest BCUT2D eigenvalue weighted by Gasteiger charge is -2.42. The van der Waals surface area contributed by atoms with Crippen molar-refractivity contribution in [3.8, 4) is 17.2 Å². The molecule has 2 aromatic rings. The number of nitrogens with one attached hydrogen (secondary N) is 1. The van der Waals surface area contributed by atoms with E-state index in [9.17, 15) is 4.79 Å². The van der Waals surface area contributed by atoms with Gasteiger partial charge in [-0.15, -0.1) is 0 Å². The van der Waals surface area contributed by atoms with Gasteiger partial charge in [-0.25, -0.2) is 0 Å². The predicted molar refractivity (Wildman–Crippen MR) is 102 cm³/mol. The number of anilines is 1. The number of carbonyl (C=O) groups excluding carboxylic acids is 1. The molecule has 1 unspecified atom stereocenters. The smallest absolute Gasteiger partial charge is 0.287 e. The first-order valence-electron chi connectivity index (χ1n) is 9.11. The third-order valence-electron chi connectivity index (χ3n) is 5.53. The van der Waals surface area contributed by atoms with E-state index in [0.29, 0.717) is 21.7 Å². The second-order valence-electron chi connectivity index (χ2n) is 7.68. The van der Waals surface area contributed by atoms with E-state index in [4.69, 9.17) is 14.2 Å². The summed E-state index contributed by atoms with van der Waals surface area (Å²) in [6.07, 6.45) is 0.851. The molecule has 2 aliphatic rings. The molecule has 2 aromatic carbocycles. The Morgan fingerprint density at radius 3 is 2.78 bits per heavy atom. The van der Waals surface area contributed by atoms with Crippen molar-refractivity contribution in [2.45, 2.75) is 19.4 Å². The van der Waals surface area contributed by atoms with Gasteiger partial charge in [0.1, 0.15) is 0 Å². The summed E-state index contributed by atoms with van der Waals surface area (Å²) in [5.41, 5.74) is 3.83. The van der Waals surface area contributed by atoms with Crippen LogP contribution in [0.15, 0.2) is 30.3 Å². The van der Waals surface area contributed by atoms with Crippen LogP contribution in [0.1, 0.15) is 22.7 Å². The highest BCUT2D eigenvalue weighted by molar-refractivity contribution is 5.96. The minimum atomic E-state index is -0.405. The van der Waals surface area contributed by atoms with Crippen LogP contribution in [-0.2, 0) is 11.2 Å². The molecule has 0 spiro atoms. The fourth-order valence-corrected chi connectivity index (χ4v) is 4.04. The Bertz CT molecular complexity index is 907. The molecule has 1 N–H and O–H groups in total. The van der Waals surface area contributed by atoms with Crippen molar-refractivity contribution in [3.63, 3.8) is 0 Å². The van der Waals surface area contributed by atoms with Gasteiger partial charge < -0.3 is 24.0 Å². The van der Waals surface area contributed by atoms with Crippen molar-refractivity contribution in [1.29, 1.82) is 0 Å². The first kappa shape index (κ1) is 17.7. The number of ether oxygens (including phenoxy) is 3. The van der Waals surface area contributed by atoms with Gasteiger partial charge >= 0.3 is 0 Å².